The standard InChI is InChI=1S/C11H11Cl2NO6S/c1-2-3-4-20-11(15)8-5-7(14(16)17)6-9(10(8)12)21(13,18)19/h5-6H,2-4H2,1H3. The van der Waals surface area contributed by atoms with Crippen molar-refractivity contribution in [2.24, 2.45) is 0 Å². The van der Waals surface area contributed by atoms with E-state index in [1.54, 1.807) is 0 Å². The predicted molar refractivity (Wildman–Crippen MR) is 76.3 cm³/mol. The zero-order valence-electron chi connectivity index (χ0n) is 10.8. The molecule has 1 aromatic carbocycles. The Kier molecular flexibility index (Phi) is 5.94. The summed E-state index contributed by atoms with van der Waals surface area (Å²) in [5.41, 5.74) is -1.04. The van der Waals surface area contributed by atoms with Crippen LogP contribution in [0.15, 0.2) is 17.0 Å². The van der Waals surface area contributed by atoms with Crippen LogP contribution in [-0.4, -0.2) is 25.9 Å². The van der Waals surface area contributed by atoms with Crippen LogP contribution in [0.25, 0.3) is 0 Å². The molecule has 0 heterocycles. The largest absolute Gasteiger partial charge is 0.462 e. The lowest BCUT2D eigenvalue weighted by molar-refractivity contribution is -0.385. The lowest BCUT2D eigenvalue weighted by atomic mass is 10.2. The van der Waals surface area contributed by atoms with Gasteiger partial charge in [0.15, 0.2) is 0 Å². The van der Waals surface area contributed by atoms with E-state index in [0.29, 0.717) is 12.5 Å². The fourth-order valence-corrected chi connectivity index (χ4v) is 2.96. The Bertz CT molecular complexity index is 674. The second kappa shape index (κ2) is 7.06. The quantitative estimate of drug-likeness (QED) is 0.255. The van der Waals surface area contributed by atoms with Crippen LogP contribution in [0.5, 0.6) is 0 Å². The van der Waals surface area contributed by atoms with E-state index in [2.05, 4.69) is 0 Å². The van der Waals surface area contributed by atoms with Gasteiger partial charge in [0.25, 0.3) is 14.7 Å². The molecule has 21 heavy (non-hydrogen) atoms. The molecule has 0 aliphatic heterocycles. The maximum Gasteiger partial charge on any atom is 0.339 e. The molecule has 0 atom stereocenters. The molecule has 0 aliphatic rings. The van der Waals surface area contributed by atoms with Crippen molar-refractivity contribution in [2.45, 2.75) is 24.7 Å². The summed E-state index contributed by atoms with van der Waals surface area (Å²) in [5, 5.41) is 10.3. The Hall–Kier alpha value is -1.38. The van der Waals surface area contributed by atoms with Gasteiger partial charge < -0.3 is 4.74 Å². The average Bonchev–Trinajstić information content (AvgIpc) is 2.37. The highest BCUT2D eigenvalue weighted by Gasteiger charge is 2.26. The summed E-state index contributed by atoms with van der Waals surface area (Å²) in [6.45, 7) is 1.98. The van der Waals surface area contributed by atoms with Gasteiger partial charge in [-0.2, -0.15) is 0 Å². The summed E-state index contributed by atoms with van der Waals surface area (Å²) in [4.78, 5) is 21.1. The normalized spacial score (nSPS) is 11.2. The van der Waals surface area contributed by atoms with E-state index in [9.17, 15) is 23.3 Å². The number of ether oxygens (including phenoxy) is 1. The second-order valence-corrected chi connectivity index (χ2v) is 6.90. The molecule has 0 amide bonds. The number of rotatable bonds is 6. The van der Waals surface area contributed by atoms with Gasteiger partial charge in [-0.25, -0.2) is 13.2 Å². The van der Waals surface area contributed by atoms with Crippen LogP contribution in [0.2, 0.25) is 5.02 Å². The van der Waals surface area contributed by atoms with Gasteiger partial charge in [-0.15, -0.1) is 0 Å². The van der Waals surface area contributed by atoms with E-state index in [-0.39, 0.29) is 6.61 Å². The average molecular weight is 356 g/mol. The third-order valence-corrected chi connectivity index (χ3v) is 4.31. The third kappa shape index (κ3) is 4.55. The Balaban J connectivity index is 3.34. The Morgan fingerprint density at radius 1 is 1.43 bits per heavy atom. The van der Waals surface area contributed by atoms with Gasteiger partial charge in [0, 0.05) is 22.8 Å². The van der Waals surface area contributed by atoms with Crippen LogP contribution in [0.3, 0.4) is 0 Å². The van der Waals surface area contributed by atoms with Crippen LogP contribution in [-0.2, 0) is 13.8 Å². The summed E-state index contributed by atoms with van der Waals surface area (Å²) in [5.74, 6) is -0.946. The molecule has 0 spiro atoms. The van der Waals surface area contributed by atoms with Crippen molar-refractivity contribution >= 4 is 43.0 Å². The van der Waals surface area contributed by atoms with Gasteiger partial charge in [-0.05, 0) is 6.42 Å². The zero-order chi connectivity index (χ0) is 16.2. The number of esters is 1. The molecular weight excluding hydrogens is 345 g/mol. The molecule has 0 unspecified atom stereocenters. The molecule has 1 rings (SSSR count). The van der Waals surface area contributed by atoms with Gasteiger partial charge in [0.2, 0.25) is 0 Å². The fraction of sp³-hybridized carbons (Fsp3) is 0.364. The molecule has 0 fully saturated rings. The van der Waals surface area contributed by atoms with Crippen LogP contribution >= 0.6 is 22.3 Å². The third-order valence-electron chi connectivity index (χ3n) is 2.45. The van der Waals surface area contributed by atoms with Crippen molar-refractivity contribution in [3.8, 4) is 0 Å². The molecule has 0 saturated heterocycles. The Labute approximate surface area is 130 Å². The number of hydrogen-bond donors (Lipinski definition) is 0. The molecular formula is C11H11Cl2NO6S. The molecule has 10 heteroatoms. The van der Waals surface area contributed by atoms with E-state index in [1.807, 2.05) is 6.92 Å². The number of nitro groups is 1. The first-order valence-corrected chi connectivity index (χ1v) is 8.47. The van der Waals surface area contributed by atoms with Crippen LogP contribution in [0.1, 0.15) is 30.1 Å². The smallest absolute Gasteiger partial charge is 0.339 e. The van der Waals surface area contributed by atoms with Crippen molar-refractivity contribution in [3.05, 3.63) is 32.8 Å². The first kappa shape index (κ1) is 17.7. The highest BCUT2D eigenvalue weighted by Crippen LogP contribution is 2.32. The number of hydrogen-bond acceptors (Lipinski definition) is 6. The van der Waals surface area contributed by atoms with Crippen molar-refractivity contribution in [3.63, 3.8) is 0 Å². The second-order valence-electron chi connectivity index (χ2n) is 3.99. The molecule has 0 bridgehead atoms. The van der Waals surface area contributed by atoms with E-state index < -0.39 is 41.1 Å². The number of nitrogens with zero attached hydrogens (tertiary/aromatic N) is 1. The first-order valence-electron chi connectivity index (χ1n) is 5.78. The Morgan fingerprint density at radius 2 is 2.05 bits per heavy atom. The number of halogens is 2. The number of carbonyl (C=O) groups excluding carboxylic acids is 1. The minimum atomic E-state index is -4.34. The van der Waals surface area contributed by atoms with E-state index in [0.717, 1.165) is 12.5 Å². The predicted octanol–water partition coefficient (Wildman–Crippen LogP) is 3.13. The molecule has 0 N–H and O–H groups in total. The van der Waals surface area contributed by atoms with Crippen molar-refractivity contribution in [1.29, 1.82) is 0 Å². The molecule has 1 aromatic rings. The van der Waals surface area contributed by atoms with Crippen molar-refractivity contribution in [1.82, 2.24) is 0 Å². The van der Waals surface area contributed by atoms with Gasteiger partial charge in [-0.1, -0.05) is 24.9 Å². The number of unbranched alkanes of at least 4 members (excludes halogenated alkanes) is 1. The van der Waals surface area contributed by atoms with Crippen LogP contribution < -0.4 is 0 Å². The van der Waals surface area contributed by atoms with Gasteiger partial charge in [0.05, 0.1) is 22.1 Å². The number of nitro benzene ring substituents is 1. The highest BCUT2D eigenvalue weighted by molar-refractivity contribution is 8.13. The molecule has 116 valence electrons. The van der Waals surface area contributed by atoms with Crippen molar-refractivity contribution in [2.75, 3.05) is 6.61 Å². The van der Waals surface area contributed by atoms with Crippen LogP contribution in [0, 0.1) is 10.1 Å². The SMILES string of the molecule is CCCCOC(=O)c1cc([N+](=O)[O-])cc(S(=O)(=O)Cl)c1Cl. The van der Waals surface area contributed by atoms with E-state index in [4.69, 9.17) is 27.0 Å². The molecule has 0 saturated carbocycles. The summed E-state index contributed by atoms with van der Waals surface area (Å²) in [6, 6.07) is 1.54. The summed E-state index contributed by atoms with van der Waals surface area (Å²) in [7, 11) is 0.814. The molecule has 7 nitrogen and oxygen atoms in total. The van der Waals surface area contributed by atoms with Gasteiger partial charge >= 0.3 is 5.97 Å². The minimum absolute atomic E-state index is 0.0946. The number of non-ortho nitro benzene ring substituents is 1. The van der Waals surface area contributed by atoms with E-state index in [1.165, 1.54) is 0 Å². The number of benzene rings is 1. The van der Waals surface area contributed by atoms with Gasteiger partial charge in [-0.3, -0.25) is 10.1 Å². The summed E-state index contributed by atoms with van der Waals surface area (Å²) in [6.07, 6.45) is 1.37. The monoisotopic (exact) mass is 355 g/mol. The minimum Gasteiger partial charge on any atom is -0.462 e. The summed E-state index contributed by atoms with van der Waals surface area (Å²) < 4.78 is 27.6. The summed E-state index contributed by atoms with van der Waals surface area (Å²) >= 11 is 5.79. The van der Waals surface area contributed by atoms with Crippen molar-refractivity contribution < 1.29 is 22.9 Å². The van der Waals surface area contributed by atoms with Gasteiger partial charge in [0.1, 0.15) is 4.90 Å². The fourth-order valence-electron chi connectivity index (χ4n) is 1.40. The maximum atomic E-state index is 11.8. The van der Waals surface area contributed by atoms with Crippen LogP contribution in [0.4, 0.5) is 5.69 Å². The topological polar surface area (TPSA) is 104 Å². The molecule has 0 aliphatic carbocycles. The Morgan fingerprint density at radius 3 is 2.52 bits per heavy atom. The molecule has 0 aromatic heterocycles. The zero-order valence-corrected chi connectivity index (χ0v) is 13.2. The molecule has 0 radical (unpaired) electrons. The maximum absolute atomic E-state index is 11.8. The number of carbonyl (C=O) groups is 1. The van der Waals surface area contributed by atoms with E-state index >= 15 is 0 Å². The first-order chi connectivity index (χ1) is 9.68. The lowest BCUT2D eigenvalue weighted by Crippen LogP contribution is -2.09. The lowest BCUT2D eigenvalue weighted by Gasteiger charge is -2.08. The highest BCUT2D eigenvalue weighted by atomic mass is 35.7.